The van der Waals surface area contributed by atoms with E-state index in [-0.39, 0.29) is 28.4 Å². The van der Waals surface area contributed by atoms with Crippen LogP contribution in [0.4, 0.5) is 21.5 Å². The Morgan fingerprint density at radius 3 is 2.54 bits per heavy atom. The molecule has 6 nitrogen and oxygen atoms in total. The Morgan fingerprint density at radius 1 is 1.03 bits per heavy atom. The number of hydrogen-bond donors (Lipinski definition) is 2. The maximum Gasteiger partial charge on any atom is 0.250 e. The highest BCUT2D eigenvalue weighted by Gasteiger charge is 2.70. The van der Waals surface area contributed by atoms with E-state index in [0.717, 1.165) is 24.1 Å². The molecule has 2 amide bonds. The molecule has 3 aromatic rings. The Kier molecular flexibility index (Phi) is 5.71. The summed E-state index contributed by atoms with van der Waals surface area (Å²) >= 11 is 12.6. The van der Waals surface area contributed by atoms with Crippen LogP contribution in [0.15, 0.2) is 60.7 Å². The molecule has 3 N–H and O–H groups in total. The van der Waals surface area contributed by atoms with Crippen molar-refractivity contribution in [2.45, 2.75) is 36.8 Å². The van der Waals surface area contributed by atoms with E-state index in [1.165, 1.54) is 6.07 Å². The molecular weight excluding hydrogens is 538 g/mol. The molecule has 4 aliphatic rings. The molecule has 4 atom stereocenters. The van der Waals surface area contributed by atoms with Gasteiger partial charge in [0, 0.05) is 52.7 Å². The second kappa shape index (κ2) is 8.95. The summed E-state index contributed by atoms with van der Waals surface area (Å²) in [6.45, 7) is 1.14. The van der Waals surface area contributed by atoms with Crippen molar-refractivity contribution in [2.75, 3.05) is 29.0 Å². The van der Waals surface area contributed by atoms with Crippen molar-refractivity contribution in [1.29, 1.82) is 0 Å². The Morgan fingerprint density at radius 2 is 1.79 bits per heavy atom. The lowest BCUT2D eigenvalue weighted by atomic mass is 9.70. The molecule has 9 heteroatoms. The number of halogens is 3. The Labute approximate surface area is 235 Å². The summed E-state index contributed by atoms with van der Waals surface area (Å²) in [5.41, 5.74) is 7.57. The number of nitrogens with one attached hydrogen (secondary N) is 1. The first-order valence-corrected chi connectivity index (χ1v) is 14.1. The van der Waals surface area contributed by atoms with Gasteiger partial charge in [0.05, 0.1) is 10.9 Å². The van der Waals surface area contributed by atoms with Crippen LogP contribution >= 0.6 is 23.2 Å². The Balaban J connectivity index is 1.47. The minimum atomic E-state index is -1.28. The highest BCUT2D eigenvalue weighted by atomic mass is 35.5. The number of fused-ring (bicyclic) bond motifs is 3. The maximum atomic E-state index is 16.0. The first-order valence-electron chi connectivity index (χ1n) is 13.3. The van der Waals surface area contributed by atoms with E-state index >= 15 is 4.39 Å². The molecule has 39 heavy (non-hydrogen) atoms. The number of nitrogens with zero attached hydrogens (tertiary/aromatic N) is 2. The first-order chi connectivity index (χ1) is 18.8. The molecular formula is C30H27Cl2FN4O2. The normalized spacial score (nSPS) is 28.1. The SMILES string of the molecule is Nc1ccc(N2CC[C@H]3[C@@H](C2=O)[C@H](c2cccc(Cl)c2F)[C@]2(C(=O)Nc4cc(Cl)ccc42)N3CC2CC2)cc1. The van der Waals surface area contributed by atoms with Crippen LogP contribution in [0, 0.1) is 17.7 Å². The van der Waals surface area contributed by atoms with Crippen LogP contribution in [0.25, 0.3) is 0 Å². The monoisotopic (exact) mass is 564 g/mol. The van der Waals surface area contributed by atoms with Gasteiger partial charge >= 0.3 is 0 Å². The van der Waals surface area contributed by atoms with Gasteiger partial charge in [-0.3, -0.25) is 14.5 Å². The van der Waals surface area contributed by atoms with E-state index in [9.17, 15) is 9.59 Å². The summed E-state index contributed by atoms with van der Waals surface area (Å²) in [6, 6.07) is 17.1. The van der Waals surface area contributed by atoms with Crippen molar-refractivity contribution in [3.63, 3.8) is 0 Å². The first kappa shape index (κ1) is 24.9. The molecule has 2 saturated heterocycles. The summed E-state index contributed by atoms with van der Waals surface area (Å²) in [7, 11) is 0. The molecule has 200 valence electrons. The van der Waals surface area contributed by atoms with E-state index in [0.29, 0.717) is 41.8 Å². The van der Waals surface area contributed by atoms with Gasteiger partial charge < -0.3 is 16.0 Å². The van der Waals surface area contributed by atoms with E-state index in [1.807, 2.05) is 18.2 Å². The number of hydrogen-bond acceptors (Lipinski definition) is 4. The van der Waals surface area contributed by atoms with Crippen molar-refractivity contribution in [3.8, 4) is 0 Å². The number of nitrogen functional groups attached to an aromatic ring is 1. The topological polar surface area (TPSA) is 78.7 Å². The molecule has 3 fully saturated rings. The third-order valence-electron chi connectivity index (χ3n) is 8.94. The van der Waals surface area contributed by atoms with Crippen molar-refractivity contribution in [1.82, 2.24) is 4.90 Å². The third kappa shape index (κ3) is 3.63. The van der Waals surface area contributed by atoms with E-state index in [1.54, 1.807) is 41.3 Å². The lowest BCUT2D eigenvalue weighted by Gasteiger charge is -2.40. The van der Waals surface area contributed by atoms with Crippen LogP contribution < -0.4 is 16.0 Å². The molecule has 0 radical (unpaired) electrons. The van der Waals surface area contributed by atoms with Gasteiger partial charge in [0.15, 0.2) is 0 Å². The third-order valence-corrected chi connectivity index (χ3v) is 9.46. The van der Waals surface area contributed by atoms with Gasteiger partial charge in [0.2, 0.25) is 11.8 Å². The highest BCUT2D eigenvalue weighted by Crippen LogP contribution is 2.62. The van der Waals surface area contributed by atoms with Gasteiger partial charge in [-0.15, -0.1) is 0 Å². The lowest BCUT2D eigenvalue weighted by molar-refractivity contribution is -0.128. The number of likely N-dealkylation sites (tertiary alicyclic amines) is 1. The van der Waals surface area contributed by atoms with Crippen molar-refractivity contribution in [2.24, 2.45) is 11.8 Å². The number of carbonyl (C=O) groups is 2. The van der Waals surface area contributed by atoms with Crippen molar-refractivity contribution < 1.29 is 14.0 Å². The fourth-order valence-corrected chi connectivity index (χ4v) is 7.50. The van der Waals surface area contributed by atoms with Gasteiger partial charge in [-0.05, 0) is 73.2 Å². The average molecular weight is 565 g/mol. The minimum Gasteiger partial charge on any atom is -0.399 e. The summed E-state index contributed by atoms with van der Waals surface area (Å²) in [6.07, 6.45) is 2.78. The van der Waals surface area contributed by atoms with Crippen LogP contribution in [-0.4, -0.2) is 35.8 Å². The molecule has 0 unspecified atom stereocenters. The van der Waals surface area contributed by atoms with Gasteiger partial charge in [0.25, 0.3) is 0 Å². The van der Waals surface area contributed by atoms with Crippen LogP contribution in [0.2, 0.25) is 10.0 Å². The van der Waals surface area contributed by atoms with Crippen molar-refractivity contribution >= 4 is 52.1 Å². The summed E-state index contributed by atoms with van der Waals surface area (Å²) in [5, 5.41) is 3.50. The molecule has 7 rings (SSSR count). The van der Waals surface area contributed by atoms with Gasteiger partial charge in [-0.2, -0.15) is 0 Å². The van der Waals surface area contributed by atoms with Gasteiger partial charge in [-0.1, -0.05) is 41.4 Å². The highest BCUT2D eigenvalue weighted by molar-refractivity contribution is 6.31. The molecule has 3 aromatic carbocycles. The summed E-state index contributed by atoms with van der Waals surface area (Å²) < 4.78 is 16.0. The van der Waals surface area contributed by atoms with Crippen LogP contribution in [0.1, 0.15) is 36.3 Å². The minimum absolute atomic E-state index is 0.0340. The average Bonchev–Trinajstić information content (AvgIpc) is 3.63. The van der Waals surface area contributed by atoms with E-state index in [2.05, 4.69) is 10.2 Å². The van der Waals surface area contributed by atoms with E-state index in [4.69, 9.17) is 28.9 Å². The maximum absolute atomic E-state index is 16.0. The van der Waals surface area contributed by atoms with Crippen LogP contribution in [-0.2, 0) is 15.1 Å². The molecule has 0 aromatic heterocycles. The van der Waals surface area contributed by atoms with E-state index < -0.39 is 23.2 Å². The van der Waals surface area contributed by atoms with Crippen molar-refractivity contribution in [3.05, 3.63) is 87.7 Å². The Hall–Kier alpha value is -3.13. The lowest BCUT2D eigenvalue weighted by Crippen LogP contribution is -2.54. The number of nitrogens with two attached hydrogens (primary N) is 1. The van der Waals surface area contributed by atoms with Gasteiger partial charge in [0.1, 0.15) is 11.4 Å². The molecule has 0 bridgehead atoms. The predicted molar refractivity (Wildman–Crippen MR) is 150 cm³/mol. The molecule has 1 saturated carbocycles. The quantitative estimate of drug-likeness (QED) is 0.393. The molecule has 1 aliphatic carbocycles. The number of amides is 2. The second-order valence-corrected chi connectivity index (χ2v) is 11.9. The number of carbonyl (C=O) groups excluding carboxylic acids is 2. The standard InChI is InChI=1S/C30H27Cl2FN4O2/c31-17-6-11-21-23(14-17)35-29(39)30(21)26(20-2-1-3-22(32)27(20)33)25-24(37(30)15-16-4-5-16)12-13-36(28(25)38)19-9-7-18(34)8-10-19/h1-3,6-11,14,16,24-26H,4-5,12-13,15,34H2,(H,35,39)/t24-,25+,26-,30+/m0/s1. The zero-order chi connectivity index (χ0) is 27.1. The smallest absolute Gasteiger partial charge is 0.250 e. The number of piperidine rings is 1. The zero-order valence-electron chi connectivity index (χ0n) is 21.0. The molecule has 3 heterocycles. The van der Waals surface area contributed by atoms with Crippen LogP contribution in [0.3, 0.4) is 0 Å². The second-order valence-electron chi connectivity index (χ2n) is 11.1. The zero-order valence-corrected chi connectivity index (χ0v) is 22.6. The number of benzene rings is 3. The fraction of sp³-hybridized carbons (Fsp3) is 0.333. The fourth-order valence-electron chi connectivity index (χ4n) is 7.14. The summed E-state index contributed by atoms with van der Waals surface area (Å²) in [5.74, 6) is -2.02. The van der Waals surface area contributed by atoms with Gasteiger partial charge in [-0.25, -0.2) is 4.39 Å². The predicted octanol–water partition coefficient (Wildman–Crippen LogP) is 5.79. The Bertz CT molecular complexity index is 1510. The largest absolute Gasteiger partial charge is 0.399 e. The summed E-state index contributed by atoms with van der Waals surface area (Å²) in [4.78, 5) is 32.8. The molecule has 3 aliphatic heterocycles. The number of rotatable bonds is 4. The van der Waals surface area contributed by atoms with Crippen LogP contribution in [0.5, 0.6) is 0 Å². The number of anilines is 3. The molecule has 1 spiro atoms.